The molecule has 0 unspecified atom stereocenters. The van der Waals surface area contributed by atoms with Gasteiger partial charge in [-0.1, -0.05) is 12.1 Å². The Bertz CT molecular complexity index is 687. The summed E-state index contributed by atoms with van der Waals surface area (Å²) in [6.45, 7) is 0. The molecular formula is C16H16I2N2. The van der Waals surface area contributed by atoms with Gasteiger partial charge in [0.05, 0.1) is 0 Å². The number of hydrogen-bond donors (Lipinski definition) is 0. The van der Waals surface area contributed by atoms with Crippen molar-refractivity contribution in [1.29, 1.82) is 0 Å². The third-order valence-corrected chi connectivity index (χ3v) is 7.02. The second-order valence-corrected chi connectivity index (χ2v) is 7.59. The van der Waals surface area contributed by atoms with Crippen LogP contribution in [0.15, 0.2) is 24.3 Å². The van der Waals surface area contributed by atoms with E-state index in [1.54, 1.807) is 0 Å². The molecule has 104 valence electrons. The maximum atomic E-state index is 2.47. The van der Waals surface area contributed by atoms with Gasteiger partial charge in [0.2, 0.25) is 0 Å². The first-order chi connectivity index (χ1) is 9.43. The molecule has 0 amide bonds. The van der Waals surface area contributed by atoms with E-state index in [2.05, 4.69) is 107 Å². The Morgan fingerprint density at radius 3 is 1.40 bits per heavy atom. The van der Waals surface area contributed by atoms with Crippen molar-refractivity contribution in [2.45, 2.75) is 0 Å². The normalized spacial score (nSPS) is 13.3. The van der Waals surface area contributed by atoms with Crippen LogP contribution in [-0.4, -0.2) is 28.2 Å². The molecule has 4 heteroatoms. The summed E-state index contributed by atoms with van der Waals surface area (Å²) < 4.78 is 2.73. The number of halogens is 2. The van der Waals surface area contributed by atoms with Crippen LogP contribution in [0.25, 0.3) is 17.9 Å². The minimum Gasteiger partial charge on any atom is -0.377 e. The maximum Gasteiger partial charge on any atom is 0.0462 e. The van der Waals surface area contributed by atoms with E-state index in [0.29, 0.717) is 0 Å². The summed E-state index contributed by atoms with van der Waals surface area (Å²) in [7, 11) is 8.45. The zero-order valence-corrected chi connectivity index (χ0v) is 16.3. The smallest absolute Gasteiger partial charge is 0.0462 e. The Balaban J connectivity index is 2.51. The summed E-state index contributed by atoms with van der Waals surface area (Å²) in [6, 6.07) is 8.99. The first-order valence-electron chi connectivity index (χ1n) is 6.44. The molecule has 2 aromatic carbocycles. The molecule has 0 aromatic heterocycles. The highest BCUT2D eigenvalue weighted by Gasteiger charge is 2.24. The van der Waals surface area contributed by atoms with Gasteiger partial charge in [0.15, 0.2) is 0 Å². The summed E-state index contributed by atoms with van der Waals surface area (Å²) in [5, 5.41) is 2.76. The van der Waals surface area contributed by atoms with E-state index in [-0.39, 0.29) is 0 Å². The Kier molecular flexibility index (Phi) is 3.64. The predicted molar refractivity (Wildman–Crippen MR) is 107 cm³/mol. The molecule has 0 atom stereocenters. The van der Waals surface area contributed by atoms with Gasteiger partial charge in [0.1, 0.15) is 0 Å². The van der Waals surface area contributed by atoms with Crippen LogP contribution < -0.4 is 9.80 Å². The molecule has 0 heterocycles. The van der Waals surface area contributed by atoms with Gasteiger partial charge in [0, 0.05) is 57.5 Å². The maximum absolute atomic E-state index is 2.47. The van der Waals surface area contributed by atoms with Crippen LogP contribution in [0.4, 0.5) is 11.4 Å². The van der Waals surface area contributed by atoms with E-state index in [0.717, 1.165) is 0 Å². The average Bonchev–Trinajstić information content (AvgIpc) is 2.65. The molecule has 2 nitrogen and oxygen atoms in total. The topological polar surface area (TPSA) is 6.48 Å². The third kappa shape index (κ3) is 1.94. The SMILES string of the molecule is CN(C)c1ccc2c3c(ccc(N(C)C)c13)C(I)=C2I. The molecule has 1 aliphatic rings. The Hall–Kier alpha value is -0.500. The first-order valence-corrected chi connectivity index (χ1v) is 8.59. The van der Waals surface area contributed by atoms with E-state index >= 15 is 0 Å². The van der Waals surface area contributed by atoms with Gasteiger partial charge >= 0.3 is 0 Å². The number of nitrogens with zero attached hydrogens (tertiary/aromatic N) is 2. The largest absolute Gasteiger partial charge is 0.377 e. The molecule has 0 saturated heterocycles. The molecule has 1 aliphatic carbocycles. The summed E-state index contributed by atoms with van der Waals surface area (Å²) in [6.07, 6.45) is 0. The van der Waals surface area contributed by atoms with E-state index in [1.165, 1.54) is 40.4 Å². The van der Waals surface area contributed by atoms with Gasteiger partial charge in [0.25, 0.3) is 0 Å². The molecule has 0 saturated carbocycles. The second kappa shape index (κ2) is 5.05. The second-order valence-electron chi connectivity index (χ2n) is 5.43. The highest BCUT2D eigenvalue weighted by Crippen LogP contribution is 2.51. The Morgan fingerprint density at radius 1 is 0.650 bits per heavy atom. The lowest BCUT2D eigenvalue weighted by Gasteiger charge is -2.22. The fraction of sp³-hybridized carbons (Fsp3) is 0.250. The summed E-state index contributed by atoms with van der Waals surface area (Å²) in [5.41, 5.74) is 5.30. The van der Waals surface area contributed by atoms with E-state index in [4.69, 9.17) is 0 Å². The van der Waals surface area contributed by atoms with Crippen LogP contribution in [0.3, 0.4) is 0 Å². The lowest BCUT2D eigenvalue weighted by atomic mass is 10.00. The van der Waals surface area contributed by atoms with Crippen LogP contribution in [-0.2, 0) is 0 Å². The van der Waals surface area contributed by atoms with Crippen molar-refractivity contribution in [3.8, 4) is 0 Å². The molecule has 0 radical (unpaired) electrons. The molecule has 0 spiro atoms. The van der Waals surface area contributed by atoms with Crippen LogP contribution in [0.1, 0.15) is 11.1 Å². The van der Waals surface area contributed by atoms with Crippen LogP contribution in [0, 0.1) is 0 Å². The number of hydrogen-bond acceptors (Lipinski definition) is 2. The molecule has 0 N–H and O–H groups in total. The van der Waals surface area contributed by atoms with Crippen LogP contribution in [0.5, 0.6) is 0 Å². The molecule has 0 bridgehead atoms. The average molecular weight is 490 g/mol. The summed E-state index contributed by atoms with van der Waals surface area (Å²) in [5.74, 6) is 0. The standard InChI is InChI=1S/C16H16I2N2/c1-19(2)11-7-5-9-13-10(16(18)15(9)17)6-8-12(14(11)13)20(3)4/h5-8H,1-4H3. The minimum absolute atomic E-state index is 1.28. The summed E-state index contributed by atoms with van der Waals surface area (Å²) in [4.78, 5) is 4.40. The molecule has 0 aliphatic heterocycles. The van der Waals surface area contributed by atoms with E-state index in [9.17, 15) is 0 Å². The van der Waals surface area contributed by atoms with Crippen molar-refractivity contribution in [1.82, 2.24) is 0 Å². The number of rotatable bonds is 2. The third-order valence-electron chi connectivity index (χ3n) is 3.75. The molecule has 0 fully saturated rings. The number of benzene rings is 2. The predicted octanol–water partition coefficient (Wildman–Crippen LogP) is 4.98. The van der Waals surface area contributed by atoms with Crippen LogP contribution in [0.2, 0.25) is 0 Å². The zero-order chi connectivity index (χ0) is 14.6. The fourth-order valence-corrected chi connectivity index (χ4v) is 4.29. The van der Waals surface area contributed by atoms with Crippen LogP contribution >= 0.6 is 45.2 Å². The number of anilines is 2. The first kappa shape index (κ1) is 14.4. The molecule has 20 heavy (non-hydrogen) atoms. The van der Waals surface area contributed by atoms with Gasteiger partial charge in [-0.3, -0.25) is 0 Å². The molecule has 3 rings (SSSR count). The zero-order valence-electron chi connectivity index (χ0n) is 12.0. The van der Waals surface area contributed by atoms with E-state index < -0.39 is 0 Å². The molecule has 2 aromatic rings. The monoisotopic (exact) mass is 490 g/mol. The van der Waals surface area contributed by atoms with Gasteiger partial charge in [-0.15, -0.1) is 0 Å². The van der Waals surface area contributed by atoms with Crippen molar-refractivity contribution in [2.75, 3.05) is 38.0 Å². The quantitative estimate of drug-likeness (QED) is 0.549. The lowest BCUT2D eigenvalue weighted by molar-refractivity contribution is 1.12. The van der Waals surface area contributed by atoms with Crippen molar-refractivity contribution >= 4 is 74.5 Å². The molecular weight excluding hydrogens is 474 g/mol. The van der Waals surface area contributed by atoms with Gasteiger partial charge < -0.3 is 9.80 Å². The highest BCUT2D eigenvalue weighted by molar-refractivity contribution is 14.1. The lowest BCUT2D eigenvalue weighted by Crippen LogP contribution is -2.13. The van der Waals surface area contributed by atoms with Crippen molar-refractivity contribution in [3.63, 3.8) is 0 Å². The van der Waals surface area contributed by atoms with Gasteiger partial charge in [-0.25, -0.2) is 0 Å². The minimum atomic E-state index is 1.28. The Morgan fingerprint density at radius 2 is 1.05 bits per heavy atom. The van der Waals surface area contributed by atoms with Crippen molar-refractivity contribution in [3.05, 3.63) is 35.4 Å². The Labute approximate surface area is 147 Å². The van der Waals surface area contributed by atoms with Crippen molar-refractivity contribution < 1.29 is 0 Å². The van der Waals surface area contributed by atoms with E-state index in [1.807, 2.05) is 0 Å². The fourth-order valence-electron chi connectivity index (χ4n) is 2.81. The van der Waals surface area contributed by atoms with Crippen molar-refractivity contribution in [2.24, 2.45) is 0 Å². The van der Waals surface area contributed by atoms with Gasteiger partial charge in [-0.2, -0.15) is 0 Å². The van der Waals surface area contributed by atoms with Gasteiger partial charge in [-0.05, 0) is 68.4 Å². The summed E-state index contributed by atoms with van der Waals surface area (Å²) >= 11 is 4.93. The highest BCUT2D eigenvalue weighted by atomic mass is 127.